The van der Waals surface area contributed by atoms with Gasteiger partial charge in [-0.05, 0) is 44.6 Å². The molecule has 0 spiro atoms. The Morgan fingerprint density at radius 1 is 1.31 bits per heavy atom. The number of halogens is 1. The zero-order valence-electron chi connectivity index (χ0n) is 9.15. The Balaban J connectivity index is 1.98. The minimum absolute atomic E-state index is 0.128. The third-order valence-corrected chi connectivity index (χ3v) is 2.85. The number of nitrogens with one attached hydrogen (secondary N) is 1. The predicted octanol–water partition coefficient (Wildman–Crippen LogP) is 0.613. The van der Waals surface area contributed by atoms with Crippen LogP contribution in [0.2, 0.25) is 5.28 Å². The van der Waals surface area contributed by atoms with Gasteiger partial charge < -0.3 is 16.0 Å². The van der Waals surface area contributed by atoms with Crippen molar-refractivity contribution < 1.29 is 0 Å². The van der Waals surface area contributed by atoms with E-state index in [1.165, 1.54) is 0 Å². The normalized spacial score (nSPS) is 18.6. The number of rotatable bonds is 2. The summed E-state index contributed by atoms with van der Waals surface area (Å²) < 4.78 is 0. The van der Waals surface area contributed by atoms with Crippen molar-refractivity contribution in [2.75, 3.05) is 31.2 Å². The summed E-state index contributed by atoms with van der Waals surface area (Å²) in [6, 6.07) is 0.383. The Morgan fingerprint density at radius 2 is 2.00 bits per heavy atom. The highest BCUT2D eigenvalue weighted by Crippen LogP contribution is 2.14. The van der Waals surface area contributed by atoms with E-state index >= 15 is 0 Å². The van der Waals surface area contributed by atoms with Crippen LogP contribution in [-0.4, -0.2) is 46.0 Å². The van der Waals surface area contributed by atoms with E-state index in [-0.39, 0.29) is 11.2 Å². The molecule has 0 radical (unpaired) electrons. The van der Waals surface area contributed by atoms with Crippen molar-refractivity contribution in [2.24, 2.45) is 0 Å². The third kappa shape index (κ3) is 2.93. The average molecular weight is 243 g/mol. The van der Waals surface area contributed by atoms with E-state index in [2.05, 4.69) is 32.2 Å². The number of likely N-dealkylation sites (tertiary alicyclic amines) is 1. The number of aromatic nitrogens is 3. The fourth-order valence-electron chi connectivity index (χ4n) is 1.77. The summed E-state index contributed by atoms with van der Waals surface area (Å²) in [6.07, 6.45) is 2.14. The van der Waals surface area contributed by atoms with Crippen molar-refractivity contribution in [1.82, 2.24) is 19.9 Å². The Kier molecular flexibility index (Phi) is 3.40. The van der Waals surface area contributed by atoms with Crippen molar-refractivity contribution in [3.8, 4) is 0 Å². The first-order chi connectivity index (χ1) is 7.63. The summed E-state index contributed by atoms with van der Waals surface area (Å²) in [5, 5.41) is 3.36. The van der Waals surface area contributed by atoms with Crippen LogP contribution in [0, 0.1) is 0 Å². The van der Waals surface area contributed by atoms with Crippen molar-refractivity contribution >= 4 is 23.5 Å². The maximum absolute atomic E-state index is 5.70. The Hall–Kier alpha value is -1.14. The van der Waals surface area contributed by atoms with Gasteiger partial charge in [-0.15, -0.1) is 0 Å². The largest absolute Gasteiger partial charge is 0.368 e. The van der Waals surface area contributed by atoms with Crippen molar-refractivity contribution in [1.29, 1.82) is 0 Å². The molecule has 0 aromatic carbocycles. The molecule has 0 bridgehead atoms. The molecule has 2 rings (SSSR count). The lowest BCUT2D eigenvalue weighted by atomic mass is 10.1. The number of nitrogens with zero attached hydrogens (tertiary/aromatic N) is 4. The number of hydrogen-bond donors (Lipinski definition) is 2. The fourth-order valence-corrected chi connectivity index (χ4v) is 1.93. The molecular formula is C9H15ClN6. The summed E-state index contributed by atoms with van der Waals surface area (Å²) in [4.78, 5) is 14.0. The second-order valence-corrected chi connectivity index (χ2v) is 4.35. The van der Waals surface area contributed by atoms with Crippen LogP contribution in [-0.2, 0) is 0 Å². The SMILES string of the molecule is CN1CCC(Nc2nc(N)nc(Cl)n2)CC1. The standard InChI is InChI=1S/C9H15ClN6/c1-16-4-2-6(3-5-16)12-9-14-7(10)13-8(11)15-9/h6H,2-5H2,1H3,(H3,11,12,13,14,15). The average Bonchev–Trinajstić information content (AvgIpc) is 2.20. The molecule has 1 aromatic rings. The number of hydrogen-bond acceptors (Lipinski definition) is 6. The molecule has 16 heavy (non-hydrogen) atoms. The second kappa shape index (κ2) is 4.80. The fraction of sp³-hybridized carbons (Fsp3) is 0.667. The van der Waals surface area contributed by atoms with Crippen LogP contribution in [0.25, 0.3) is 0 Å². The van der Waals surface area contributed by atoms with Crippen molar-refractivity contribution in [3.63, 3.8) is 0 Å². The minimum atomic E-state index is 0.128. The number of nitrogen functional groups attached to an aromatic ring is 1. The third-order valence-electron chi connectivity index (χ3n) is 2.68. The van der Waals surface area contributed by atoms with E-state index in [9.17, 15) is 0 Å². The van der Waals surface area contributed by atoms with Crippen LogP contribution in [0.15, 0.2) is 0 Å². The van der Waals surface area contributed by atoms with Crippen LogP contribution in [0.3, 0.4) is 0 Å². The van der Waals surface area contributed by atoms with Crippen molar-refractivity contribution in [2.45, 2.75) is 18.9 Å². The lowest BCUT2D eigenvalue weighted by molar-refractivity contribution is 0.263. The van der Waals surface area contributed by atoms with Gasteiger partial charge in [-0.3, -0.25) is 0 Å². The van der Waals surface area contributed by atoms with Gasteiger partial charge in [0.1, 0.15) is 0 Å². The van der Waals surface area contributed by atoms with Crippen molar-refractivity contribution in [3.05, 3.63) is 5.28 Å². The zero-order valence-corrected chi connectivity index (χ0v) is 9.91. The number of piperidine rings is 1. The molecule has 6 nitrogen and oxygen atoms in total. The first-order valence-corrected chi connectivity index (χ1v) is 5.63. The Labute approximate surface area is 99.2 Å². The molecule has 0 amide bonds. The molecule has 1 aromatic heterocycles. The van der Waals surface area contributed by atoms with Gasteiger partial charge >= 0.3 is 0 Å². The lowest BCUT2D eigenvalue weighted by Gasteiger charge is -2.29. The van der Waals surface area contributed by atoms with Crippen LogP contribution in [0.4, 0.5) is 11.9 Å². The second-order valence-electron chi connectivity index (χ2n) is 4.01. The molecule has 0 unspecified atom stereocenters. The van der Waals surface area contributed by atoms with Gasteiger partial charge in [0.25, 0.3) is 0 Å². The molecule has 0 aliphatic carbocycles. The Morgan fingerprint density at radius 3 is 2.62 bits per heavy atom. The van der Waals surface area contributed by atoms with E-state index in [0.29, 0.717) is 12.0 Å². The van der Waals surface area contributed by atoms with Gasteiger partial charge in [-0.25, -0.2) is 0 Å². The number of nitrogens with two attached hydrogens (primary N) is 1. The monoisotopic (exact) mass is 242 g/mol. The summed E-state index contributed by atoms with van der Waals surface area (Å²) in [5.74, 6) is 0.613. The molecule has 0 saturated carbocycles. The molecule has 0 atom stereocenters. The van der Waals surface area contributed by atoms with Gasteiger partial charge in [0.05, 0.1) is 0 Å². The van der Waals surface area contributed by atoms with Crippen LogP contribution in [0.1, 0.15) is 12.8 Å². The highest BCUT2D eigenvalue weighted by atomic mass is 35.5. The van der Waals surface area contributed by atoms with E-state index < -0.39 is 0 Å². The van der Waals surface area contributed by atoms with Gasteiger partial charge in [0.15, 0.2) is 0 Å². The minimum Gasteiger partial charge on any atom is -0.368 e. The molecule has 3 N–H and O–H groups in total. The molecule has 2 heterocycles. The first kappa shape index (κ1) is 11.3. The lowest BCUT2D eigenvalue weighted by Crippen LogP contribution is -2.37. The van der Waals surface area contributed by atoms with Gasteiger partial charge in [0, 0.05) is 6.04 Å². The van der Waals surface area contributed by atoms with E-state index in [4.69, 9.17) is 17.3 Å². The summed E-state index contributed by atoms with van der Waals surface area (Å²) in [7, 11) is 2.12. The molecule has 7 heteroatoms. The van der Waals surface area contributed by atoms with Crippen LogP contribution >= 0.6 is 11.6 Å². The molecular weight excluding hydrogens is 228 g/mol. The maximum atomic E-state index is 5.70. The summed E-state index contributed by atoms with van der Waals surface area (Å²) in [5.41, 5.74) is 5.49. The highest BCUT2D eigenvalue weighted by molar-refractivity contribution is 6.28. The molecule has 88 valence electrons. The molecule has 1 fully saturated rings. The van der Waals surface area contributed by atoms with Gasteiger partial charge in [-0.1, -0.05) is 0 Å². The number of anilines is 2. The molecule has 1 aliphatic rings. The van der Waals surface area contributed by atoms with E-state index in [1.807, 2.05) is 0 Å². The Bertz CT molecular complexity index is 343. The topological polar surface area (TPSA) is 80.0 Å². The molecule has 1 aliphatic heterocycles. The van der Waals surface area contributed by atoms with Gasteiger partial charge in [0.2, 0.25) is 17.2 Å². The van der Waals surface area contributed by atoms with Crippen LogP contribution in [0.5, 0.6) is 0 Å². The predicted molar refractivity (Wildman–Crippen MR) is 63.4 cm³/mol. The van der Waals surface area contributed by atoms with E-state index in [0.717, 1.165) is 25.9 Å². The summed E-state index contributed by atoms with van der Waals surface area (Å²) >= 11 is 5.70. The molecule has 1 saturated heterocycles. The first-order valence-electron chi connectivity index (χ1n) is 5.25. The van der Waals surface area contributed by atoms with Gasteiger partial charge in [-0.2, -0.15) is 15.0 Å². The highest BCUT2D eigenvalue weighted by Gasteiger charge is 2.17. The van der Waals surface area contributed by atoms with Crippen LogP contribution < -0.4 is 11.1 Å². The smallest absolute Gasteiger partial charge is 0.229 e. The maximum Gasteiger partial charge on any atom is 0.229 e. The van der Waals surface area contributed by atoms with E-state index in [1.54, 1.807) is 0 Å². The summed E-state index contributed by atoms with van der Waals surface area (Å²) in [6.45, 7) is 2.15. The quantitative estimate of drug-likeness (QED) is 0.791. The zero-order chi connectivity index (χ0) is 11.5.